The molecule has 12 heteroatoms. The van der Waals surface area contributed by atoms with E-state index >= 15 is 0 Å². The zero-order valence-corrected chi connectivity index (χ0v) is 19.2. The average molecular weight is 516 g/mol. The third kappa shape index (κ3) is 4.32. The Bertz CT molecular complexity index is 1190. The normalized spacial score (nSPS) is 20.1. The predicted octanol–water partition coefficient (Wildman–Crippen LogP) is 4.45. The number of allylic oxidation sites excluding steroid dienone is 1. The number of Topliss-reactive ketones (excluding diaryl/α,β-unsaturated/α-hetero) is 1. The molecule has 1 fully saturated rings. The van der Waals surface area contributed by atoms with Gasteiger partial charge in [-0.15, -0.1) is 0 Å². The maximum atomic E-state index is 13.3. The number of carbonyl (C=O) groups excluding carboxylic acids is 1. The monoisotopic (exact) mass is 516 g/mol. The minimum atomic E-state index is -6.04. The molecule has 1 atom stereocenters. The number of ether oxygens (including phenoxy) is 2. The number of morpholine rings is 1. The minimum Gasteiger partial charge on any atom is -0.495 e. The first-order chi connectivity index (χ1) is 16.8. The number of ketones is 1. The van der Waals surface area contributed by atoms with E-state index < -0.39 is 29.3 Å². The molecule has 0 amide bonds. The van der Waals surface area contributed by atoms with Gasteiger partial charge in [-0.25, -0.2) is 0 Å². The molecule has 194 valence electrons. The molecule has 1 aliphatic carbocycles. The first-order valence-corrected chi connectivity index (χ1v) is 10.9. The smallest absolute Gasteiger partial charge is 0.430 e. The molecular formula is C24H22F6N2O4. The van der Waals surface area contributed by atoms with Crippen molar-refractivity contribution in [2.75, 3.05) is 31.8 Å². The second kappa shape index (κ2) is 9.07. The molecule has 6 nitrogen and oxygen atoms in total. The van der Waals surface area contributed by atoms with Crippen LogP contribution in [0.25, 0.3) is 6.08 Å². The number of aliphatic hydroxyl groups is 1. The van der Waals surface area contributed by atoms with Gasteiger partial charge >= 0.3 is 12.4 Å². The maximum absolute atomic E-state index is 13.3. The van der Waals surface area contributed by atoms with Crippen molar-refractivity contribution in [3.63, 3.8) is 0 Å². The Morgan fingerprint density at radius 1 is 1.14 bits per heavy atom. The molecule has 0 saturated carbocycles. The van der Waals surface area contributed by atoms with E-state index in [-0.39, 0.29) is 23.6 Å². The van der Waals surface area contributed by atoms with Gasteiger partial charge in [-0.1, -0.05) is 0 Å². The van der Waals surface area contributed by atoms with Crippen LogP contribution >= 0.6 is 0 Å². The van der Waals surface area contributed by atoms with Gasteiger partial charge in [0.15, 0.2) is 5.78 Å². The quantitative estimate of drug-likeness (QED) is 0.479. The fraction of sp³-hybridized carbons (Fsp3) is 0.417. The van der Waals surface area contributed by atoms with Crippen LogP contribution in [0.15, 0.2) is 36.2 Å². The summed E-state index contributed by atoms with van der Waals surface area (Å²) >= 11 is 0. The van der Waals surface area contributed by atoms with Crippen LogP contribution in [0.2, 0.25) is 0 Å². The van der Waals surface area contributed by atoms with Gasteiger partial charge in [-0.05, 0) is 42.3 Å². The van der Waals surface area contributed by atoms with E-state index in [4.69, 9.17) is 9.47 Å². The minimum absolute atomic E-state index is 0.0487. The van der Waals surface area contributed by atoms with Crippen molar-refractivity contribution >= 4 is 17.5 Å². The van der Waals surface area contributed by atoms with Gasteiger partial charge in [0.25, 0.3) is 5.60 Å². The number of rotatable bonds is 4. The van der Waals surface area contributed by atoms with Crippen molar-refractivity contribution in [3.05, 3.63) is 58.4 Å². The van der Waals surface area contributed by atoms with Crippen LogP contribution in [-0.2, 0) is 16.8 Å². The van der Waals surface area contributed by atoms with E-state index in [1.165, 1.54) is 13.2 Å². The first kappa shape index (κ1) is 26.0. The molecule has 2 aliphatic rings. The van der Waals surface area contributed by atoms with Crippen LogP contribution in [0, 0.1) is 0 Å². The van der Waals surface area contributed by atoms with Gasteiger partial charge < -0.3 is 19.5 Å². The van der Waals surface area contributed by atoms with Crippen LogP contribution in [0.4, 0.5) is 32.0 Å². The molecule has 0 unspecified atom stereocenters. The predicted molar refractivity (Wildman–Crippen MR) is 117 cm³/mol. The van der Waals surface area contributed by atoms with Crippen molar-refractivity contribution in [2.24, 2.45) is 0 Å². The van der Waals surface area contributed by atoms with Crippen LogP contribution < -0.4 is 9.64 Å². The fourth-order valence-electron chi connectivity index (χ4n) is 4.44. The molecule has 0 bridgehead atoms. The van der Waals surface area contributed by atoms with Gasteiger partial charge in [0.05, 0.1) is 26.0 Å². The number of nitrogens with zero attached hydrogens (tertiary/aromatic N) is 2. The molecule has 0 spiro atoms. The van der Waals surface area contributed by atoms with E-state index in [2.05, 4.69) is 9.88 Å². The van der Waals surface area contributed by atoms with Gasteiger partial charge in [0.2, 0.25) is 0 Å². The fourth-order valence-corrected chi connectivity index (χ4v) is 4.44. The summed E-state index contributed by atoms with van der Waals surface area (Å²) in [5, 5.41) is 9.66. The number of pyridine rings is 1. The number of hydrogen-bond acceptors (Lipinski definition) is 6. The third-order valence-corrected chi connectivity index (χ3v) is 6.34. The standard InChI is InChI=1S/C24H22F6N2O4/c1-13-12-36-4-3-32(13)19-8-15-7-16(21(33)18(15)9-20(19)35-2)5-14-6-17(11-31-10-14)22(34,23(25,26)27)24(28,29)30/h5-6,8-11,13,34H,3-4,7,12H2,1-2H3/b16-5+/t13-/m1/s1. The summed E-state index contributed by atoms with van der Waals surface area (Å²) in [5.74, 6) is 0.0263. The second-order valence-electron chi connectivity index (χ2n) is 8.69. The lowest BCUT2D eigenvalue weighted by molar-refractivity contribution is -0.376. The van der Waals surface area contributed by atoms with E-state index in [1.807, 2.05) is 6.92 Å². The van der Waals surface area contributed by atoms with Gasteiger partial charge in [0, 0.05) is 48.1 Å². The summed E-state index contributed by atoms with van der Waals surface area (Å²) in [6, 6.07) is 3.96. The van der Waals surface area contributed by atoms with Crippen molar-refractivity contribution in [3.8, 4) is 5.75 Å². The van der Waals surface area contributed by atoms with Gasteiger partial charge in [-0.2, -0.15) is 26.3 Å². The lowest BCUT2D eigenvalue weighted by Crippen LogP contribution is -2.54. The highest BCUT2D eigenvalue weighted by molar-refractivity contribution is 6.16. The largest absolute Gasteiger partial charge is 0.495 e. The molecule has 2 aromatic rings. The van der Waals surface area contributed by atoms with Gasteiger partial charge in [-0.3, -0.25) is 9.78 Å². The molecule has 1 N–H and O–H groups in total. The highest BCUT2D eigenvalue weighted by atomic mass is 19.4. The number of carbonyl (C=O) groups is 1. The number of anilines is 1. The highest BCUT2D eigenvalue weighted by Crippen LogP contribution is 2.50. The third-order valence-electron chi connectivity index (χ3n) is 6.34. The van der Waals surface area contributed by atoms with Crippen LogP contribution in [0.3, 0.4) is 0 Å². The number of methoxy groups -OCH3 is 1. The summed E-state index contributed by atoms with van der Waals surface area (Å²) < 4.78 is 90.5. The average Bonchev–Trinajstić information content (AvgIpc) is 3.10. The van der Waals surface area contributed by atoms with E-state index in [0.717, 1.165) is 11.9 Å². The zero-order valence-electron chi connectivity index (χ0n) is 19.2. The van der Waals surface area contributed by atoms with Crippen molar-refractivity contribution < 1.29 is 45.7 Å². The Hall–Kier alpha value is -3.12. The molecule has 2 heterocycles. The van der Waals surface area contributed by atoms with E-state index in [0.29, 0.717) is 48.9 Å². The molecule has 4 rings (SSSR count). The maximum Gasteiger partial charge on any atom is 0.430 e. The number of fused-ring (bicyclic) bond motifs is 1. The van der Waals surface area contributed by atoms with Crippen molar-refractivity contribution in [2.45, 2.75) is 37.3 Å². The van der Waals surface area contributed by atoms with Gasteiger partial charge in [0.1, 0.15) is 5.75 Å². The van der Waals surface area contributed by atoms with Crippen molar-refractivity contribution in [1.82, 2.24) is 4.98 Å². The summed E-state index contributed by atoms with van der Waals surface area (Å²) in [6.45, 7) is 3.61. The molecule has 1 aliphatic heterocycles. The van der Waals surface area contributed by atoms with Crippen LogP contribution in [0.1, 0.15) is 34.0 Å². The molecule has 0 radical (unpaired) electrons. The molecular weight excluding hydrogens is 494 g/mol. The molecule has 36 heavy (non-hydrogen) atoms. The Morgan fingerprint density at radius 2 is 1.83 bits per heavy atom. The lowest BCUT2D eigenvalue weighted by Gasteiger charge is -2.36. The van der Waals surface area contributed by atoms with Crippen LogP contribution in [0.5, 0.6) is 5.75 Å². The SMILES string of the molecule is COc1cc2c(cc1N1CCOC[C@H]1C)C/C(=C\c1cncc(C(O)(C(F)(F)F)C(F)(F)F)c1)C2=O. The van der Waals surface area contributed by atoms with E-state index in [1.54, 1.807) is 12.1 Å². The zero-order chi connectivity index (χ0) is 26.5. The summed E-state index contributed by atoms with van der Waals surface area (Å²) in [4.78, 5) is 18.6. The van der Waals surface area contributed by atoms with Crippen LogP contribution in [-0.4, -0.2) is 61.1 Å². The number of hydrogen-bond donors (Lipinski definition) is 1. The summed E-state index contributed by atoms with van der Waals surface area (Å²) in [5.41, 5.74) is -4.91. The lowest BCUT2D eigenvalue weighted by atomic mass is 9.92. The Morgan fingerprint density at radius 3 is 2.44 bits per heavy atom. The van der Waals surface area contributed by atoms with E-state index in [9.17, 15) is 36.2 Å². The highest BCUT2D eigenvalue weighted by Gasteiger charge is 2.71. The Labute approximate surface area is 202 Å². The molecule has 1 aromatic heterocycles. The molecule has 1 aromatic carbocycles. The second-order valence-corrected chi connectivity index (χ2v) is 8.69. The van der Waals surface area contributed by atoms with Crippen molar-refractivity contribution in [1.29, 1.82) is 0 Å². The number of benzene rings is 1. The Balaban J connectivity index is 1.71. The number of alkyl halides is 6. The molecule has 1 saturated heterocycles. The number of halogens is 6. The number of aromatic nitrogens is 1. The Kier molecular flexibility index (Phi) is 6.54. The summed E-state index contributed by atoms with van der Waals surface area (Å²) in [6.07, 6.45) is -9.48. The first-order valence-electron chi connectivity index (χ1n) is 10.9. The summed E-state index contributed by atoms with van der Waals surface area (Å²) in [7, 11) is 1.46. The topological polar surface area (TPSA) is 71.9 Å².